The van der Waals surface area contributed by atoms with Crippen LogP contribution in [-0.2, 0) is 0 Å². The molecule has 1 aromatic heterocycles. The predicted molar refractivity (Wildman–Crippen MR) is 88.1 cm³/mol. The van der Waals surface area contributed by atoms with Crippen LogP contribution in [0.4, 0.5) is 23.5 Å². The zero-order valence-corrected chi connectivity index (χ0v) is 13.5. The first-order valence-corrected chi connectivity index (χ1v) is 7.78. The van der Waals surface area contributed by atoms with Crippen LogP contribution in [0.15, 0.2) is 22.7 Å². The minimum absolute atomic E-state index is 0.201. The van der Waals surface area contributed by atoms with Crippen molar-refractivity contribution in [2.75, 3.05) is 29.0 Å². The van der Waals surface area contributed by atoms with Gasteiger partial charge >= 0.3 is 0 Å². The van der Waals surface area contributed by atoms with Crippen LogP contribution in [0.25, 0.3) is 0 Å². The number of nitrogens with two attached hydrogens (primary N) is 1. The number of hydrogen-bond acceptors (Lipinski definition) is 6. The van der Waals surface area contributed by atoms with Crippen molar-refractivity contribution >= 4 is 51.1 Å². The maximum Gasteiger partial charge on any atom is 0.233 e. The highest BCUT2D eigenvalue weighted by molar-refractivity contribution is 9.10. The van der Waals surface area contributed by atoms with Crippen LogP contribution < -0.4 is 16.0 Å². The Labute approximate surface area is 135 Å². The Morgan fingerprint density at radius 3 is 2.71 bits per heavy atom. The molecule has 0 aliphatic carbocycles. The topological polar surface area (TPSA) is 80.0 Å². The Hall–Kier alpha value is -1.60. The summed E-state index contributed by atoms with van der Waals surface area (Å²) in [5, 5.41) is 3.73. The summed E-state index contributed by atoms with van der Waals surface area (Å²) in [5.41, 5.74) is 6.56. The van der Waals surface area contributed by atoms with Crippen molar-refractivity contribution in [3.63, 3.8) is 0 Å². The summed E-state index contributed by atoms with van der Waals surface area (Å²) in [6.07, 6.45) is 2.29. The summed E-state index contributed by atoms with van der Waals surface area (Å²) >= 11 is 9.51. The molecule has 1 aliphatic heterocycles. The number of aromatic nitrogens is 3. The van der Waals surface area contributed by atoms with Gasteiger partial charge in [0, 0.05) is 13.1 Å². The van der Waals surface area contributed by atoms with Gasteiger partial charge in [0.15, 0.2) is 0 Å². The molecule has 0 bridgehead atoms. The van der Waals surface area contributed by atoms with Gasteiger partial charge in [-0.3, -0.25) is 0 Å². The van der Waals surface area contributed by atoms with Gasteiger partial charge in [-0.25, -0.2) is 0 Å². The molecule has 0 amide bonds. The third-order valence-electron chi connectivity index (χ3n) is 3.23. The number of benzene rings is 1. The zero-order chi connectivity index (χ0) is 14.8. The minimum atomic E-state index is 0.201. The normalized spacial score (nSPS) is 14.5. The average molecular weight is 370 g/mol. The molecule has 1 aromatic carbocycles. The van der Waals surface area contributed by atoms with Gasteiger partial charge in [-0.2, -0.15) is 15.0 Å². The van der Waals surface area contributed by atoms with E-state index < -0.39 is 0 Å². The second-order valence-electron chi connectivity index (χ2n) is 4.74. The zero-order valence-electron chi connectivity index (χ0n) is 11.2. The van der Waals surface area contributed by atoms with E-state index in [1.54, 1.807) is 6.07 Å². The minimum Gasteiger partial charge on any atom is -0.368 e. The van der Waals surface area contributed by atoms with E-state index in [1.165, 1.54) is 0 Å². The molecule has 1 fully saturated rings. The van der Waals surface area contributed by atoms with Crippen molar-refractivity contribution in [1.82, 2.24) is 15.0 Å². The number of anilines is 4. The van der Waals surface area contributed by atoms with Crippen LogP contribution in [0.1, 0.15) is 12.8 Å². The van der Waals surface area contributed by atoms with Gasteiger partial charge in [0.2, 0.25) is 17.8 Å². The molecule has 0 atom stereocenters. The van der Waals surface area contributed by atoms with Gasteiger partial charge in [-0.1, -0.05) is 17.7 Å². The summed E-state index contributed by atoms with van der Waals surface area (Å²) in [6, 6.07) is 5.53. The highest BCUT2D eigenvalue weighted by atomic mass is 79.9. The molecule has 1 aliphatic rings. The molecule has 110 valence electrons. The van der Waals surface area contributed by atoms with E-state index in [0.717, 1.165) is 36.1 Å². The van der Waals surface area contributed by atoms with E-state index in [0.29, 0.717) is 16.9 Å². The largest absolute Gasteiger partial charge is 0.368 e. The molecule has 8 heteroatoms. The van der Waals surface area contributed by atoms with Crippen LogP contribution >= 0.6 is 27.5 Å². The van der Waals surface area contributed by atoms with Gasteiger partial charge in [0.1, 0.15) is 0 Å². The molecule has 2 heterocycles. The van der Waals surface area contributed by atoms with Gasteiger partial charge in [0.25, 0.3) is 0 Å². The van der Waals surface area contributed by atoms with Gasteiger partial charge in [-0.15, -0.1) is 0 Å². The lowest BCUT2D eigenvalue weighted by Crippen LogP contribution is -2.22. The molecule has 3 N–H and O–H groups in total. The van der Waals surface area contributed by atoms with Crippen molar-refractivity contribution < 1.29 is 0 Å². The monoisotopic (exact) mass is 368 g/mol. The molecular weight excluding hydrogens is 356 g/mol. The van der Waals surface area contributed by atoms with Crippen molar-refractivity contribution in [3.8, 4) is 0 Å². The molecule has 0 spiro atoms. The number of hydrogen-bond donors (Lipinski definition) is 2. The highest BCUT2D eigenvalue weighted by Crippen LogP contribution is 2.31. The van der Waals surface area contributed by atoms with E-state index in [1.807, 2.05) is 12.1 Å². The second-order valence-corrected chi connectivity index (χ2v) is 5.94. The molecule has 2 aromatic rings. The first-order valence-electron chi connectivity index (χ1n) is 6.61. The highest BCUT2D eigenvalue weighted by Gasteiger charge is 2.17. The summed E-state index contributed by atoms with van der Waals surface area (Å²) in [5.74, 6) is 1.22. The standard InChI is InChI=1S/C13H14BrClN6/c14-10-8(15)4-3-5-9(10)17-12-18-11(16)19-13(20-12)21-6-1-2-7-21/h3-5H,1-2,6-7H2,(H3,16,17,18,19,20). The molecule has 1 saturated heterocycles. The summed E-state index contributed by atoms with van der Waals surface area (Å²) in [7, 11) is 0. The third-order valence-corrected chi connectivity index (χ3v) is 4.63. The van der Waals surface area contributed by atoms with Crippen molar-refractivity contribution in [3.05, 3.63) is 27.7 Å². The van der Waals surface area contributed by atoms with Crippen molar-refractivity contribution in [2.45, 2.75) is 12.8 Å². The van der Waals surface area contributed by atoms with Gasteiger partial charge < -0.3 is 16.0 Å². The Morgan fingerprint density at radius 1 is 1.19 bits per heavy atom. The fourth-order valence-electron chi connectivity index (χ4n) is 2.22. The van der Waals surface area contributed by atoms with Crippen LogP contribution in [0.5, 0.6) is 0 Å². The smallest absolute Gasteiger partial charge is 0.233 e. The fourth-order valence-corrected chi connectivity index (χ4v) is 2.75. The first kappa shape index (κ1) is 14.3. The lowest BCUT2D eigenvalue weighted by molar-refractivity contribution is 0.887. The Kier molecular flexibility index (Phi) is 4.12. The van der Waals surface area contributed by atoms with E-state index in [9.17, 15) is 0 Å². The van der Waals surface area contributed by atoms with E-state index in [-0.39, 0.29) is 5.95 Å². The Morgan fingerprint density at radius 2 is 1.95 bits per heavy atom. The second kappa shape index (κ2) is 6.03. The van der Waals surface area contributed by atoms with Crippen molar-refractivity contribution in [1.29, 1.82) is 0 Å². The molecule has 3 rings (SSSR count). The van der Waals surface area contributed by atoms with Crippen LogP contribution in [0.3, 0.4) is 0 Å². The number of nitrogens with zero attached hydrogens (tertiary/aromatic N) is 4. The lowest BCUT2D eigenvalue weighted by atomic mass is 10.3. The lowest BCUT2D eigenvalue weighted by Gasteiger charge is -2.16. The van der Waals surface area contributed by atoms with Gasteiger partial charge in [0.05, 0.1) is 15.2 Å². The Bertz CT molecular complexity index is 659. The summed E-state index contributed by atoms with van der Waals surface area (Å²) in [6.45, 7) is 1.90. The molecule has 0 radical (unpaired) electrons. The maximum absolute atomic E-state index is 6.07. The number of nitrogen functional groups attached to an aromatic ring is 1. The fraction of sp³-hybridized carbons (Fsp3) is 0.308. The van der Waals surface area contributed by atoms with E-state index in [2.05, 4.69) is 41.1 Å². The molecule has 21 heavy (non-hydrogen) atoms. The quantitative estimate of drug-likeness (QED) is 0.865. The van der Waals surface area contributed by atoms with E-state index >= 15 is 0 Å². The third kappa shape index (κ3) is 3.19. The number of rotatable bonds is 3. The van der Waals surface area contributed by atoms with Crippen LogP contribution in [-0.4, -0.2) is 28.0 Å². The molecule has 0 unspecified atom stereocenters. The number of halogens is 2. The Balaban J connectivity index is 1.89. The molecule has 0 saturated carbocycles. The SMILES string of the molecule is Nc1nc(Nc2cccc(Cl)c2Br)nc(N2CCCC2)n1. The first-order chi connectivity index (χ1) is 10.1. The summed E-state index contributed by atoms with van der Waals surface area (Å²) < 4.78 is 0.758. The predicted octanol–water partition coefficient (Wildman–Crippen LogP) is 3.21. The average Bonchev–Trinajstić information content (AvgIpc) is 2.97. The van der Waals surface area contributed by atoms with Crippen molar-refractivity contribution in [2.24, 2.45) is 0 Å². The van der Waals surface area contributed by atoms with Crippen LogP contribution in [0, 0.1) is 0 Å². The van der Waals surface area contributed by atoms with Gasteiger partial charge in [-0.05, 0) is 40.9 Å². The number of nitrogens with one attached hydrogen (secondary N) is 1. The molecular formula is C13H14BrClN6. The molecule has 6 nitrogen and oxygen atoms in total. The van der Waals surface area contributed by atoms with Crippen LogP contribution in [0.2, 0.25) is 5.02 Å². The maximum atomic E-state index is 6.07. The van der Waals surface area contributed by atoms with E-state index in [4.69, 9.17) is 17.3 Å². The summed E-state index contributed by atoms with van der Waals surface area (Å²) in [4.78, 5) is 14.9.